The Morgan fingerprint density at radius 2 is 1.86 bits per heavy atom. The van der Waals surface area contributed by atoms with E-state index in [0.29, 0.717) is 6.42 Å². The summed E-state index contributed by atoms with van der Waals surface area (Å²) in [5.41, 5.74) is 1.72. The fraction of sp³-hybridized carbons (Fsp3) is 0.273. The third-order valence-corrected chi connectivity index (χ3v) is 5.24. The van der Waals surface area contributed by atoms with E-state index in [-0.39, 0.29) is 11.7 Å². The first kappa shape index (κ1) is 19.2. The fourth-order valence-corrected chi connectivity index (χ4v) is 3.81. The van der Waals surface area contributed by atoms with Crippen molar-refractivity contribution in [3.8, 4) is 5.69 Å². The molecule has 1 amide bonds. The van der Waals surface area contributed by atoms with Gasteiger partial charge in [-0.25, -0.2) is 4.68 Å². The van der Waals surface area contributed by atoms with Crippen LogP contribution in [0.25, 0.3) is 5.69 Å². The number of hydrogen-bond donors (Lipinski definition) is 1. The number of aromatic nitrogens is 2. The van der Waals surface area contributed by atoms with Crippen LogP contribution in [-0.2, 0) is 12.6 Å². The predicted octanol–water partition coefficient (Wildman–Crippen LogP) is 5.01. The molecule has 3 aromatic rings. The minimum Gasteiger partial charge on any atom is -0.345 e. The third kappa shape index (κ3) is 3.77. The van der Waals surface area contributed by atoms with Gasteiger partial charge in [-0.15, -0.1) is 0 Å². The molecule has 0 fully saturated rings. The maximum Gasteiger partial charge on any atom is 0.434 e. The van der Waals surface area contributed by atoms with Crippen molar-refractivity contribution in [3.63, 3.8) is 0 Å². The Bertz CT molecular complexity index is 1040. The van der Waals surface area contributed by atoms with Crippen LogP contribution in [0.1, 0.15) is 51.6 Å². The number of benzene rings is 2. The molecule has 2 aromatic carbocycles. The van der Waals surface area contributed by atoms with E-state index in [1.54, 1.807) is 24.3 Å². The molecule has 1 heterocycles. The number of halogens is 3. The molecule has 0 radical (unpaired) electrons. The Morgan fingerprint density at radius 1 is 1.14 bits per heavy atom. The predicted molar refractivity (Wildman–Crippen MR) is 103 cm³/mol. The Labute approximate surface area is 166 Å². The number of rotatable bonds is 3. The van der Waals surface area contributed by atoms with Crippen molar-refractivity contribution in [1.82, 2.24) is 15.1 Å². The molecular formula is C22H20F3N3O. The molecular weight excluding hydrogens is 379 g/mol. The maximum absolute atomic E-state index is 13.8. The monoisotopic (exact) mass is 399 g/mol. The Morgan fingerprint density at radius 3 is 2.59 bits per heavy atom. The molecule has 7 heteroatoms. The molecule has 4 nitrogen and oxygen atoms in total. The largest absolute Gasteiger partial charge is 0.434 e. The summed E-state index contributed by atoms with van der Waals surface area (Å²) in [5.74, 6) is -0.766. The van der Waals surface area contributed by atoms with Gasteiger partial charge in [0.2, 0.25) is 0 Å². The maximum atomic E-state index is 13.8. The highest BCUT2D eigenvalue weighted by Gasteiger charge is 2.41. The van der Waals surface area contributed by atoms with E-state index in [2.05, 4.69) is 10.4 Å². The van der Waals surface area contributed by atoms with Crippen LogP contribution in [0.4, 0.5) is 13.2 Å². The minimum atomic E-state index is -4.72. The van der Waals surface area contributed by atoms with Crippen molar-refractivity contribution in [2.75, 3.05) is 0 Å². The molecule has 1 N–H and O–H groups in total. The molecule has 0 aliphatic heterocycles. The lowest BCUT2D eigenvalue weighted by Gasteiger charge is -2.26. The minimum absolute atomic E-state index is 0.255. The van der Waals surface area contributed by atoms with E-state index in [1.165, 1.54) is 0 Å². The van der Waals surface area contributed by atoms with Crippen molar-refractivity contribution in [1.29, 1.82) is 0 Å². The van der Waals surface area contributed by atoms with Crippen LogP contribution in [-0.4, -0.2) is 15.7 Å². The van der Waals surface area contributed by atoms with E-state index in [4.69, 9.17) is 0 Å². The highest BCUT2D eigenvalue weighted by Crippen LogP contribution is 2.35. The van der Waals surface area contributed by atoms with Crippen molar-refractivity contribution in [2.24, 2.45) is 0 Å². The smallest absolute Gasteiger partial charge is 0.345 e. The van der Waals surface area contributed by atoms with E-state index >= 15 is 0 Å². The van der Waals surface area contributed by atoms with Gasteiger partial charge < -0.3 is 5.32 Å². The van der Waals surface area contributed by atoms with E-state index in [9.17, 15) is 18.0 Å². The van der Waals surface area contributed by atoms with Crippen LogP contribution < -0.4 is 5.32 Å². The third-order valence-electron chi connectivity index (χ3n) is 5.24. The molecule has 1 aliphatic carbocycles. The zero-order valence-electron chi connectivity index (χ0n) is 15.8. The molecule has 1 aromatic heterocycles. The highest BCUT2D eigenvalue weighted by atomic mass is 19.4. The van der Waals surface area contributed by atoms with Crippen LogP contribution in [0, 0.1) is 6.92 Å². The molecule has 0 saturated carbocycles. The van der Waals surface area contributed by atoms with Gasteiger partial charge in [0.25, 0.3) is 5.91 Å². The summed E-state index contributed by atoms with van der Waals surface area (Å²) in [6.07, 6.45) is -1.26. The molecule has 0 saturated heterocycles. The molecule has 1 atom stereocenters. The van der Waals surface area contributed by atoms with Gasteiger partial charge in [-0.1, -0.05) is 42.0 Å². The number of amides is 1. The standard InChI is InChI=1S/C22H20F3N3O/c1-14-9-11-16(12-10-14)28-20(22(23,24)25)18(13-26-28)21(29)27-19-8-4-6-15-5-2-3-7-17(15)19/h2-3,5,7,9-13,19H,4,6,8H2,1H3,(H,27,29). The zero-order chi connectivity index (χ0) is 20.6. The van der Waals surface area contributed by atoms with E-state index < -0.39 is 23.3 Å². The average molecular weight is 399 g/mol. The first-order valence-electron chi connectivity index (χ1n) is 9.45. The number of carbonyl (C=O) groups is 1. The number of carbonyl (C=O) groups excluding carboxylic acids is 1. The van der Waals surface area contributed by atoms with Gasteiger partial charge in [-0.05, 0) is 49.4 Å². The van der Waals surface area contributed by atoms with Crippen LogP contribution in [0.15, 0.2) is 54.7 Å². The van der Waals surface area contributed by atoms with Crippen molar-refractivity contribution >= 4 is 5.91 Å². The topological polar surface area (TPSA) is 46.9 Å². The summed E-state index contributed by atoms with van der Waals surface area (Å²) in [7, 11) is 0. The Balaban J connectivity index is 1.68. The zero-order valence-corrected chi connectivity index (χ0v) is 15.8. The van der Waals surface area contributed by atoms with Gasteiger partial charge in [0.05, 0.1) is 23.5 Å². The first-order chi connectivity index (χ1) is 13.8. The van der Waals surface area contributed by atoms with Crippen LogP contribution in [0.5, 0.6) is 0 Å². The molecule has 0 bridgehead atoms. The van der Waals surface area contributed by atoms with Crippen molar-refractivity contribution in [3.05, 3.63) is 82.7 Å². The second kappa shape index (κ2) is 7.39. The SMILES string of the molecule is Cc1ccc(-n2ncc(C(=O)NC3CCCc4ccccc43)c2C(F)(F)F)cc1. The second-order valence-electron chi connectivity index (χ2n) is 7.27. The van der Waals surface area contributed by atoms with Crippen LogP contribution >= 0.6 is 0 Å². The normalized spacial score (nSPS) is 16.3. The quantitative estimate of drug-likeness (QED) is 0.673. The number of hydrogen-bond acceptors (Lipinski definition) is 2. The summed E-state index contributed by atoms with van der Waals surface area (Å²) in [6, 6.07) is 13.9. The van der Waals surface area contributed by atoms with Gasteiger partial charge in [0.15, 0.2) is 5.69 Å². The van der Waals surface area contributed by atoms with E-state index in [0.717, 1.165) is 40.4 Å². The number of aryl methyl sites for hydroxylation is 2. The van der Waals surface area contributed by atoms with Crippen LogP contribution in [0.3, 0.4) is 0 Å². The molecule has 1 aliphatic rings. The molecule has 4 rings (SSSR count). The van der Waals surface area contributed by atoms with Gasteiger partial charge >= 0.3 is 6.18 Å². The lowest BCUT2D eigenvalue weighted by atomic mass is 9.87. The molecule has 29 heavy (non-hydrogen) atoms. The number of nitrogens with one attached hydrogen (secondary N) is 1. The second-order valence-corrected chi connectivity index (χ2v) is 7.27. The van der Waals surface area contributed by atoms with Gasteiger partial charge in [-0.2, -0.15) is 18.3 Å². The lowest BCUT2D eigenvalue weighted by molar-refractivity contribution is -0.143. The lowest BCUT2D eigenvalue weighted by Crippen LogP contribution is -2.32. The number of alkyl halides is 3. The number of nitrogens with zero attached hydrogens (tertiary/aromatic N) is 2. The van der Waals surface area contributed by atoms with Gasteiger partial charge in [0, 0.05) is 0 Å². The van der Waals surface area contributed by atoms with E-state index in [1.807, 2.05) is 31.2 Å². The highest BCUT2D eigenvalue weighted by molar-refractivity contribution is 5.95. The van der Waals surface area contributed by atoms with Crippen molar-refractivity contribution < 1.29 is 18.0 Å². The molecule has 0 spiro atoms. The summed E-state index contributed by atoms with van der Waals surface area (Å²) >= 11 is 0. The van der Waals surface area contributed by atoms with Crippen molar-refractivity contribution in [2.45, 2.75) is 38.4 Å². The summed E-state index contributed by atoms with van der Waals surface area (Å²) in [5, 5.41) is 6.66. The Kier molecular flexibility index (Phi) is 4.90. The van der Waals surface area contributed by atoms with Crippen LogP contribution in [0.2, 0.25) is 0 Å². The summed E-state index contributed by atoms with van der Waals surface area (Å²) < 4.78 is 42.3. The van der Waals surface area contributed by atoms with Gasteiger partial charge in [0.1, 0.15) is 0 Å². The van der Waals surface area contributed by atoms with Gasteiger partial charge in [-0.3, -0.25) is 4.79 Å². The molecule has 150 valence electrons. The summed E-state index contributed by atoms with van der Waals surface area (Å²) in [6.45, 7) is 1.85. The summed E-state index contributed by atoms with van der Waals surface area (Å²) in [4.78, 5) is 12.8. The molecule has 1 unspecified atom stereocenters. The average Bonchev–Trinajstić information content (AvgIpc) is 3.15. The Hall–Kier alpha value is -3.09. The first-order valence-corrected chi connectivity index (χ1v) is 9.45. The number of fused-ring (bicyclic) bond motifs is 1. The fourth-order valence-electron chi connectivity index (χ4n) is 3.81.